The van der Waals surface area contributed by atoms with E-state index < -0.39 is 0 Å². The lowest BCUT2D eigenvalue weighted by molar-refractivity contribution is 0.260. The molecule has 0 saturated heterocycles. The normalized spacial score (nSPS) is 22.9. The van der Waals surface area contributed by atoms with Crippen LogP contribution in [0, 0.1) is 10.7 Å². The van der Waals surface area contributed by atoms with Crippen LogP contribution < -0.4 is 0 Å². The Morgan fingerprint density at radius 3 is 2.90 bits per heavy atom. The van der Waals surface area contributed by atoms with E-state index >= 15 is 0 Å². The Labute approximate surface area is 129 Å². The second kappa shape index (κ2) is 4.95. The van der Waals surface area contributed by atoms with E-state index in [1.807, 2.05) is 12.3 Å². The van der Waals surface area contributed by atoms with Crippen molar-refractivity contribution in [1.29, 1.82) is 0 Å². The molecule has 1 saturated carbocycles. The van der Waals surface area contributed by atoms with Crippen molar-refractivity contribution in [2.75, 3.05) is 0 Å². The molecule has 0 radical (unpaired) electrons. The van der Waals surface area contributed by atoms with Crippen LogP contribution in [0.1, 0.15) is 38.6 Å². The fourth-order valence-corrected chi connectivity index (χ4v) is 4.09. The molecule has 1 aromatic carbocycles. The predicted octanol–water partition coefficient (Wildman–Crippen LogP) is 5.00. The third-order valence-electron chi connectivity index (χ3n) is 4.85. The smallest absolute Gasteiger partial charge is 0.178 e. The van der Waals surface area contributed by atoms with Gasteiger partial charge in [-0.05, 0) is 37.0 Å². The molecule has 2 atom stereocenters. The average Bonchev–Trinajstić information content (AvgIpc) is 2.84. The molecule has 0 aliphatic heterocycles. The van der Waals surface area contributed by atoms with Gasteiger partial charge in [0.1, 0.15) is 0 Å². The maximum atomic E-state index is 5.63. The average molecular weight is 297 g/mol. The zero-order valence-corrected chi connectivity index (χ0v) is 13.0. The number of para-hydroxylation sites is 1. The number of aromatic amines is 1. The van der Waals surface area contributed by atoms with Crippen LogP contribution in [0.3, 0.4) is 0 Å². The summed E-state index contributed by atoms with van der Waals surface area (Å²) in [6.45, 7) is 2.35. The summed E-state index contributed by atoms with van der Waals surface area (Å²) in [7, 11) is 0. The van der Waals surface area contributed by atoms with E-state index in [4.69, 9.17) is 12.2 Å². The van der Waals surface area contributed by atoms with Gasteiger partial charge in [-0.3, -0.25) is 4.98 Å². The SMILES string of the molecule is CC1CCCCC1n1c(=S)[nH]c2cnc3ccccc3c21. The van der Waals surface area contributed by atoms with Crippen LogP contribution in [0.2, 0.25) is 0 Å². The van der Waals surface area contributed by atoms with Gasteiger partial charge in [0.05, 0.1) is 22.7 Å². The van der Waals surface area contributed by atoms with E-state index in [-0.39, 0.29) is 0 Å². The number of fused-ring (bicyclic) bond motifs is 3. The van der Waals surface area contributed by atoms with Crippen molar-refractivity contribution in [3.05, 3.63) is 35.2 Å². The lowest BCUT2D eigenvalue weighted by atomic mass is 9.85. The molecule has 4 rings (SSSR count). The van der Waals surface area contributed by atoms with E-state index in [2.05, 4.69) is 39.7 Å². The highest BCUT2D eigenvalue weighted by atomic mass is 32.1. The lowest BCUT2D eigenvalue weighted by Gasteiger charge is -2.30. The van der Waals surface area contributed by atoms with Crippen LogP contribution in [0.5, 0.6) is 0 Å². The summed E-state index contributed by atoms with van der Waals surface area (Å²) >= 11 is 5.63. The van der Waals surface area contributed by atoms with Crippen LogP contribution in [0.4, 0.5) is 0 Å². The first-order chi connectivity index (χ1) is 10.3. The van der Waals surface area contributed by atoms with Crippen molar-refractivity contribution < 1.29 is 0 Å². The number of hydrogen-bond acceptors (Lipinski definition) is 2. The van der Waals surface area contributed by atoms with Crippen molar-refractivity contribution in [1.82, 2.24) is 14.5 Å². The molecule has 4 heteroatoms. The molecule has 1 fully saturated rings. The van der Waals surface area contributed by atoms with E-state index in [1.165, 1.54) is 36.6 Å². The highest BCUT2D eigenvalue weighted by Crippen LogP contribution is 2.37. The number of hydrogen-bond donors (Lipinski definition) is 1. The van der Waals surface area contributed by atoms with Crippen molar-refractivity contribution in [2.45, 2.75) is 38.6 Å². The highest BCUT2D eigenvalue weighted by Gasteiger charge is 2.25. The summed E-state index contributed by atoms with van der Waals surface area (Å²) in [5.74, 6) is 0.677. The van der Waals surface area contributed by atoms with E-state index in [9.17, 15) is 0 Å². The minimum absolute atomic E-state index is 0.505. The summed E-state index contributed by atoms with van der Waals surface area (Å²) in [6.07, 6.45) is 7.07. The summed E-state index contributed by atoms with van der Waals surface area (Å²) < 4.78 is 3.19. The van der Waals surface area contributed by atoms with Crippen LogP contribution in [0.25, 0.3) is 21.9 Å². The lowest BCUT2D eigenvalue weighted by Crippen LogP contribution is -2.21. The third-order valence-corrected chi connectivity index (χ3v) is 5.14. The van der Waals surface area contributed by atoms with E-state index in [0.717, 1.165) is 15.8 Å². The fourth-order valence-electron chi connectivity index (χ4n) is 3.75. The number of nitrogens with one attached hydrogen (secondary N) is 1. The van der Waals surface area contributed by atoms with Gasteiger partial charge in [-0.1, -0.05) is 38.0 Å². The van der Waals surface area contributed by atoms with Gasteiger partial charge in [-0.2, -0.15) is 0 Å². The van der Waals surface area contributed by atoms with Crippen LogP contribution in [-0.2, 0) is 0 Å². The van der Waals surface area contributed by atoms with Gasteiger partial charge >= 0.3 is 0 Å². The third kappa shape index (κ3) is 2.01. The van der Waals surface area contributed by atoms with Crippen molar-refractivity contribution >= 4 is 34.2 Å². The Morgan fingerprint density at radius 2 is 2.05 bits per heavy atom. The number of aromatic nitrogens is 3. The van der Waals surface area contributed by atoms with Gasteiger partial charge in [0.15, 0.2) is 4.77 Å². The standard InChI is InChI=1S/C17H19N3S/c1-11-6-2-5-9-15(11)20-16-12-7-3-4-8-13(12)18-10-14(16)19-17(20)21/h3-4,7-8,10-11,15H,2,5-6,9H2,1H3,(H,19,21). The molecule has 2 heterocycles. The van der Waals surface area contributed by atoms with Crippen molar-refractivity contribution in [2.24, 2.45) is 5.92 Å². The Hall–Kier alpha value is -1.68. The Bertz CT molecular complexity index is 861. The summed E-state index contributed by atoms with van der Waals surface area (Å²) in [5.41, 5.74) is 3.32. The molecule has 21 heavy (non-hydrogen) atoms. The monoisotopic (exact) mass is 297 g/mol. The molecule has 2 unspecified atom stereocenters. The Kier molecular flexibility index (Phi) is 3.07. The largest absolute Gasteiger partial charge is 0.329 e. The molecule has 0 bridgehead atoms. The summed E-state index contributed by atoms with van der Waals surface area (Å²) in [4.78, 5) is 7.89. The zero-order chi connectivity index (χ0) is 14.4. The van der Waals surface area contributed by atoms with Gasteiger partial charge in [-0.25, -0.2) is 0 Å². The Balaban J connectivity index is 2.05. The number of imidazole rings is 1. The molecule has 3 aromatic rings. The van der Waals surface area contributed by atoms with E-state index in [1.54, 1.807) is 0 Å². The van der Waals surface area contributed by atoms with Crippen LogP contribution >= 0.6 is 12.2 Å². The molecule has 0 spiro atoms. The number of nitrogens with zero attached hydrogens (tertiary/aromatic N) is 2. The molecule has 1 aliphatic rings. The van der Waals surface area contributed by atoms with Gasteiger partial charge in [-0.15, -0.1) is 0 Å². The highest BCUT2D eigenvalue weighted by molar-refractivity contribution is 7.71. The first kappa shape index (κ1) is 13.0. The number of benzene rings is 1. The first-order valence-corrected chi connectivity index (χ1v) is 8.14. The minimum atomic E-state index is 0.505. The minimum Gasteiger partial charge on any atom is -0.329 e. The zero-order valence-electron chi connectivity index (χ0n) is 12.2. The summed E-state index contributed by atoms with van der Waals surface area (Å²) in [6, 6.07) is 8.84. The van der Waals surface area contributed by atoms with Gasteiger partial charge in [0, 0.05) is 11.4 Å². The Morgan fingerprint density at radius 1 is 1.24 bits per heavy atom. The van der Waals surface area contributed by atoms with Crippen LogP contribution in [0.15, 0.2) is 30.5 Å². The maximum Gasteiger partial charge on any atom is 0.178 e. The van der Waals surface area contributed by atoms with Gasteiger partial charge < -0.3 is 9.55 Å². The summed E-state index contributed by atoms with van der Waals surface area (Å²) in [5, 5.41) is 1.19. The fraction of sp³-hybridized carbons (Fsp3) is 0.412. The van der Waals surface area contributed by atoms with Crippen molar-refractivity contribution in [3.8, 4) is 0 Å². The molecular weight excluding hydrogens is 278 g/mol. The van der Waals surface area contributed by atoms with Crippen LogP contribution in [-0.4, -0.2) is 14.5 Å². The van der Waals surface area contributed by atoms with Gasteiger partial charge in [0.25, 0.3) is 0 Å². The van der Waals surface area contributed by atoms with Gasteiger partial charge in [0.2, 0.25) is 0 Å². The van der Waals surface area contributed by atoms with E-state index in [0.29, 0.717) is 12.0 Å². The quantitative estimate of drug-likeness (QED) is 0.641. The topological polar surface area (TPSA) is 33.6 Å². The van der Waals surface area contributed by atoms with Crippen molar-refractivity contribution in [3.63, 3.8) is 0 Å². The predicted molar refractivity (Wildman–Crippen MR) is 89.1 cm³/mol. The molecule has 108 valence electrons. The molecule has 0 amide bonds. The molecule has 1 aliphatic carbocycles. The molecule has 1 N–H and O–H groups in total. The number of H-pyrrole nitrogens is 1. The molecular formula is C17H19N3S. The molecule has 3 nitrogen and oxygen atoms in total. The second-order valence-electron chi connectivity index (χ2n) is 6.17. The molecule has 2 aromatic heterocycles. The second-order valence-corrected chi connectivity index (χ2v) is 6.55. The number of rotatable bonds is 1. The maximum absolute atomic E-state index is 5.63. The number of pyridine rings is 1. The first-order valence-electron chi connectivity index (χ1n) is 7.73.